The van der Waals surface area contributed by atoms with Gasteiger partial charge in [0, 0.05) is 25.0 Å². The molecule has 0 saturated carbocycles. The number of benzene rings is 1. The molecule has 0 aliphatic carbocycles. The van der Waals surface area contributed by atoms with Crippen molar-refractivity contribution in [3.05, 3.63) is 41.6 Å². The van der Waals surface area contributed by atoms with Crippen LogP contribution in [0.1, 0.15) is 25.3 Å². The number of anilines is 1. The summed E-state index contributed by atoms with van der Waals surface area (Å²) in [5.41, 5.74) is -0.975. The van der Waals surface area contributed by atoms with Gasteiger partial charge >= 0.3 is 6.18 Å². The van der Waals surface area contributed by atoms with E-state index in [9.17, 15) is 18.0 Å². The minimum atomic E-state index is -4.49. The Morgan fingerprint density at radius 3 is 2.83 bits per heavy atom. The first-order valence-corrected chi connectivity index (χ1v) is 7.64. The van der Waals surface area contributed by atoms with Gasteiger partial charge in [-0.3, -0.25) is 4.79 Å². The van der Waals surface area contributed by atoms with E-state index in [0.717, 1.165) is 38.1 Å². The number of piperidine rings is 1. The van der Waals surface area contributed by atoms with Gasteiger partial charge in [-0.15, -0.1) is 0 Å². The number of alkyl halides is 3. The number of hydrogen-bond donors (Lipinski definition) is 1. The molecule has 0 bridgehead atoms. The molecule has 1 unspecified atom stereocenters. The lowest BCUT2D eigenvalue weighted by Gasteiger charge is -2.29. The van der Waals surface area contributed by atoms with E-state index < -0.39 is 17.6 Å². The Kier molecular flexibility index (Phi) is 5.50. The molecule has 0 aromatic heterocycles. The normalized spacial score (nSPS) is 18.9. The fraction of sp³-hybridized carbons (Fsp3) is 0.412. The molecule has 1 saturated heterocycles. The molecule has 4 nitrogen and oxygen atoms in total. The second-order valence-electron chi connectivity index (χ2n) is 5.93. The Balaban J connectivity index is 2.11. The highest BCUT2D eigenvalue weighted by molar-refractivity contribution is 6.06. The van der Waals surface area contributed by atoms with Gasteiger partial charge < -0.3 is 10.2 Å². The average Bonchev–Trinajstić information content (AvgIpc) is 2.52. The maximum absolute atomic E-state index is 12.7. The fourth-order valence-corrected chi connectivity index (χ4v) is 2.64. The van der Waals surface area contributed by atoms with E-state index in [0.29, 0.717) is 5.92 Å². The van der Waals surface area contributed by atoms with Crippen molar-refractivity contribution in [1.29, 1.82) is 5.26 Å². The lowest BCUT2D eigenvalue weighted by Crippen LogP contribution is -2.31. The lowest BCUT2D eigenvalue weighted by molar-refractivity contribution is -0.137. The molecule has 7 heteroatoms. The number of likely N-dealkylation sites (tertiary alicyclic amines) is 1. The molecular formula is C17H18F3N3O. The summed E-state index contributed by atoms with van der Waals surface area (Å²) in [6, 6.07) is 6.14. The van der Waals surface area contributed by atoms with Crippen molar-refractivity contribution in [2.75, 3.05) is 18.4 Å². The zero-order chi connectivity index (χ0) is 17.7. The number of amides is 1. The molecule has 1 N–H and O–H groups in total. The standard InChI is InChI=1S/C17H18F3N3O/c1-12-4-3-7-23(10-12)11-13(9-21)16(24)22-15-6-2-5-14(8-15)17(18,19)20/h2,5-6,8,11-12H,3-4,7,10H2,1H3,(H,22,24)/b13-11-. The van der Waals surface area contributed by atoms with Crippen molar-refractivity contribution in [3.8, 4) is 6.07 Å². The van der Waals surface area contributed by atoms with Gasteiger partial charge in [0.15, 0.2) is 0 Å². The number of rotatable bonds is 3. The highest BCUT2D eigenvalue weighted by Gasteiger charge is 2.30. The topological polar surface area (TPSA) is 56.1 Å². The van der Waals surface area contributed by atoms with Crippen LogP contribution in [0.4, 0.5) is 18.9 Å². The largest absolute Gasteiger partial charge is 0.416 e. The lowest BCUT2D eigenvalue weighted by atomic mass is 10.0. The van der Waals surface area contributed by atoms with Gasteiger partial charge in [0.1, 0.15) is 11.6 Å². The van der Waals surface area contributed by atoms with E-state index in [4.69, 9.17) is 5.26 Å². The second-order valence-corrected chi connectivity index (χ2v) is 5.93. The SMILES string of the molecule is CC1CCCN(/C=C(/C#N)C(=O)Nc2cccc(C(F)(F)F)c2)C1. The van der Waals surface area contributed by atoms with Crippen molar-refractivity contribution < 1.29 is 18.0 Å². The van der Waals surface area contributed by atoms with Crippen LogP contribution in [0, 0.1) is 17.2 Å². The number of nitrogens with zero attached hydrogens (tertiary/aromatic N) is 2. The van der Waals surface area contributed by atoms with E-state index in [2.05, 4.69) is 12.2 Å². The number of nitriles is 1. The van der Waals surface area contributed by atoms with Crippen LogP contribution in [0.3, 0.4) is 0 Å². The van der Waals surface area contributed by atoms with E-state index in [-0.39, 0.29) is 11.3 Å². The van der Waals surface area contributed by atoms with E-state index in [1.165, 1.54) is 18.3 Å². The summed E-state index contributed by atoms with van der Waals surface area (Å²) in [7, 11) is 0. The van der Waals surface area contributed by atoms with Crippen molar-refractivity contribution >= 4 is 11.6 Å². The molecular weight excluding hydrogens is 319 g/mol. The maximum atomic E-state index is 12.7. The molecule has 1 amide bonds. The molecule has 2 rings (SSSR count). The third kappa shape index (κ3) is 4.75. The summed E-state index contributed by atoms with van der Waals surface area (Å²) in [5.74, 6) is -0.239. The number of carbonyl (C=O) groups excluding carboxylic acids is 1. The second kappa shape index (κ2) is 7.39. The Morgan fingerprint density at radius 2 is 2.21 bits per heavy atom. The summed E-state index contributed by atoms with van der Waals surface area (Å²) in [6.07, 6.45) is -0.925. The molecule has 1 heterocycles. The minimum Gasteiger partial charge on any atom is -0.376 e. The van der Waals surface area contributed by atoms with Crippen molar-refractivity contribution in [1.82, 2.24) is 4.90 Å². The van der Waals surface area contributed by atoms with Crippen LogP contribution >= 0.6 is 0 Å². The molecule has 24 heavy (non-hydrogen) atoms. The maximum Gasteiger partial charge on any atom is 0.416 e. The molecule has 1 aliphatic heterocycles. The third-order valence-corrected chi connectivity index (χ3v) is 3.81. The first-order valence-electron chi connectivity index (χ1n) is 7.64. The van der Waals surface area contributed by atoms with Gasteiger partial charge in [-0.1, -0.05) is 13.0 Å². The van der Waals surface area contributed by atoms with Crippen LogP contribution in [0.5, 0.6) is 0 Å². The molecule has 1 fully saturated rings. The van der Waals surface area contributed by atoms with Gasteiger partial charge in [-0.25, -0.2) is 0 Å². The molecule has 1 atom stereocenters. The predicted octanol–water partition coefficient (Wildman–Crippen LogP) is 3.78. The molecule has 0 radical (unpaired) electrons. The van der Waals surface area contributed by atoms with Gasteiger partial charge in [0.2, 0.25) is 0 Å². The van der Waals surface area contributed by atoms with Crippen LogP contribution in [-0.4, -0.2) is 23.9 Å². The summed E-state index contributed by atoms with van der Waals surface area (Å²) in [4.78, 5) is 14.1. The smallest absolute Gasteiger partial charge is 0.376 e. The number of nitrogens with one attached hydrogen (secondary N) is 1. The Labute approximate surface area is 138 Å². The Bertz CT molecular complexity index is 676. The van der Waals surface area contributed by atoms with E-state index in [1.807, 2.05) is 11.0 Å². The quantitative estimate of drug-likeness (QED) is 0.674. The van der Waals surface area contributed by atoms with Crippen LogP contribution in [0.15, 0.2) is 36.0 Å². The van der Waals surface area contributed by atoms with Gasteiger partial charge in [0.25, 0.3) is 5.91 Å². The molecule has 1 aliphatic rings. The monoisotopic (exact) mass is 337 g/mol. The summed E-state index contributed by atoms with van der Waals surface area (Å²) in [5, 5.41) is 11.5. The highest BCUT2D eigenvalue weighted by atomic mass is 19.4. The summed E-state index contributed by atoms with van der Waals surface area (Å²) in [6.45, 7) is 3.60. The Morgan fingerprint density at radius 1 is 1.46 bits per heavy atom. The van der Waals surface area contributed by atoms with Crippen molar-refractivity contribution in [2.24, 2.45) is 5.92 Å². The van der Waals surface area contributed by atoms with E-state index in [1.54, 1.807) is 0 Å². The fourth-order valence-electron chi connectivity index (χ4n) is 2.64. The minimum absolute atomic E-state index is 0.00277. The molecule has 1 aromatic rings. The van der Waals surface area contributed by atoms with Gasteiger partial charge in [0.05, 0.1) is 5.56 Å². The summed E-state index contributed by atoms with van der Waals surface area (Å²) < 4.78 is 38.1. The molecule has 0 spiro atoms. The average molecular weight is 337 g/mol. The van der Waals surface area contributed by atoms with Crippen LogP contribution in [0.2, 0.25) is 0 Å². The van der Waals surface area contributed by atoms with Crippen LogP contribution in [-0.2, 0) is 11.0 Å². The molecule has 128 valence electrons. The zero-order valence-electron chi connectivity index (χ0n) is 13.2. The van der Waals surface area contributed by atoms with E-state index >= 15 is 0 Å². The van der Waals surface area contributed by atoms with Gasteiger partial charge in [-0.2, -0.15) is 18.4 Å². The van der Waals surface area contributed by atoms with Crippen LogP contribution in [0.25, 0.3) is 0 Å². The first-order chi connectivity index (χ1) is 11.3. The third-order valence-electron chi connectivity index (χ3n) is 3.81. The molecule has 1 aromatic carbocycles. The highest BCUT2D eigenvalue weighted by Crippen LogP contribution is 2.30. The predicted molar refractivity (Wildman–Crippen MR) is 83.7 cm³/mol. The Hall–Kier alpha value is -2.49. The number of hydrogen-bond acceptors (Lipinski definition) is 3. The first kappa shape index (κ1) is 17.9. The summed E-state index contributed by atoms with van der Waals surface area (Å²) >= 11 is 0. The van der Waals surface area contributed by atoms with Gasteiger partial charge in [-0.05, 0) is 37.0 Å². The van der Waals surface area contributed by atoms with Crippen molar-refractivity contribution in [3.63, 3.8) is 0 Å². The van der Waals surface area contributed by atoms with Crippen LogP contribution < -0.4 is 5.32 Å². The number of carbonyl (C=O) groups is 1. The number of halogens is 3. The zero-order valence-corrected chi connectivity index (χ0v) is 13.2. The van der Waals surface area contributed by atoms with Crippen molar-refractivity contribution in [2.45, 2.75) is 25.9 Å².